The van der Waals surface area contributed by atoms with Crippen LogP contribution in [0.1, 0.15) is 0 Å². The second-order valence-electron chi connectivity index (χ2n) is 2.95. The van der Waals surface area contributed by atoms with Crippen molar-refractivity contribution in [3.8, 4) is 0 Å². The van der Waals surface area contributed by atoms with Gasteiger partial charge < -0.3 is 5.73 Å². The van der Waals surface area contributed by atoms with Crippen molar-refractivity contribution in [3.63, 3.8) is 0 Å². The first-order chi connectivity index (χ1) is 6.98. The molecule has 0 saturated heterocycles. The molecule has 0 unspecified atom stereocenters. The van der Waals surface area contributed by atoms with E-state index in [2.05, 4.69) is 4.98 Å². The molecule has 15 heavy (non-hydrogen) atoms. The van der Waals surface area contributed by atoms with Gasteiger partial charge in [0, 0.05) is 26.3 Å². The van der Waals surface area contributed by atoms with E-state index in [4.69, 9.17) is 5.73 Å². The average molecular weight is 233 g/mol. The fourth-order valence-electron chi connectivity index (χ4n) is 1.02. The van der Waals surface area contributed by atoms with Gasteiger partial charge in [0.05, 0.1) is 6.20 Å². The molecule has 0 bridgehead atoms. The quantitative estimate of drug-likeness (QED) is 0.781. The van der Waals surface area contributed by atoms with Gasteiger partial charge in [0.1, 0.15) is 10.7 Å². The lowest BCUT2D eigenvalue weighted by atomic mass is 10.5. The van der Waals surface area contributed by atoms with Crippen molar-refractivity contribution >= 4 is 10.0 Å². The number of likely N-dealkylation sites (N-methyl/N-ethyl adjacent to an activating group) is 1. The molecule has 0 atom stereocenters. The Morgan fingerprint density at radius 1 is 1.53 bits per heavy atom. The zero-order valence-corrected chi connectivity index (χ0v) is 9.04. The normalized spacial score (nSPS) is 12.0. The molecule has 0 spiro atoms. The smallest absolute Gasteiger partial charge is 0.244 e. The summed E-state index contributed by atoms with van der Waals surface area (Å²) in [7, 11) is -2.29. The van der Waals surface area contributed by atoms with Crippen LogP contribution in [0.15, 0.2) is 23.4 Å². The highest BCUT2D eigenvalue weighted by atomic mass is 32.2. The number of aromatic nitrogens is 1. The number of halogens is 1. The first-order valence-corrected chi connectivity index (χ1v) is 5.69. The molecule has 1 aromatic heterocycles. The lowest BCUT2D eigenvalue weighted by molar-refractivity contribution is 0.475. The Morgan fingerprint density at radius 3 is 2.73 bits per heavy atom. The van der Waals surface area contributed by atoms with Crippen LogP contribution in [0.3, 0.4) is 0 Å². The van der Waals surface area contributed by atoms with E-state index < -0.39 is 15.8 Å². The molecular weight excluding hydrogens is 221 g/mol. The predicted molar refractivity (Wildman–Crippen MR) is 53.1 cm³/mol. The second-order valence-corrected chi connectivity index (χ2v) is 5.00. The molecule has 0 fully saturated rings. The summed E-state index contributed by atoms with van der Waals surface area (Å²) in [5.41, 5.74) is 5.24. The van der Waals surface area contributed by atoms with Crippen molar-refractivity contribution in [1.29, 1.82) is 0 Å². The van der Waals surface area contributed by atoms with Crippen LogP contribution >= 0.6 is 0 Å². The van der Waals surface area contributed by atoms with Crippen LogP contribution in [-0.4, -0.2) is 37.8 Å². The van der Waals surface area contributed by atoms with Crippen LogP contribution in [0.25, 0.3) is 0 Å². The van der Waals surface area contributed by atoms with Crippen LogP contribution < -0.4 is 5.73 Å². The van der Waals surface area contributed by atoms with E-state index in [1.165, 1.54) is 7.05 Å². The zero-order valence-electron chi connectivity index (χ0n) is 8.22. The minimum Gasteiger partial charge on any atom is -0.329 e. The summed E-state index contributed by atoms with van der Waals surface area (Å²) in [5.74, 6) is -0.683. The summed E-state index contributed by atoms with van der Waals surface area (Å²) in [6.07, 6.45) is 2.05. The van der Waals surface area contributed by atoms with Gasteiger partial charge in [-0.15, -0.1) is 0 Å². The standard InChI is InChI=1S/C8H12FN3O2S/c1-12(3-2-10)15(13,14)8-4-7(9)5-11-6-8/h4-6H,2-3,10H2,1H3. The molecule has 0 amide bonds. The van der Waals surface area contributed by atoms with Gasteiger partial charge in [-0.25, -0.2) is 12.8 Å². The van der Waals surface area contributed by atoms with Gasteiger partial charge in [-0.1, -0.05) is 0 Å². The Labute approximate surface area is 87.8 Å². The van der Waals surface area contributed by atoms with Gasteiger partial charge in [0.15, 0.2) is 0 Å². The Morgan fingerprint density at radius 2 is 2.20 bits per heavy atom. The predicted octanol–water partition coefficient (Wildman–Crippen LogP) is -0.200. The fourth-order valence-corrected chi connectivity index (χ4v) is 2.18. The lowest BCUT2D eigenvalue weighted by Gasteiger charge is -2.15. The monoisotopic (exact) mass is 233 g/mol. The first kappa shape index (κ1) is 12.0. The largest absolute Gasteiger partial charge is 0.329 e. The van der Waals surface area contributed by atoms with Crippen molar-refractivity contribution in [1.82, 2.24) is 9.29 Å². The third-order valence-corrected chi connectivity index (χ3v) is 3.65. The van der Waals surface area contributed by atoms with Gasteiger partial charge in [0.25, 0.3) is 0 Å². The van der Waals surface area contributed by atoms with Crippen molar-refractivity contribution in [3.05, 3.63) is 24.3 Å². The van der Waals surface area contributed by atoms with E-state index in [0.29, 0.717) is 0 Å². The maximum absolute atomic E-state index is 12.8. The number of nitrogens with two attached hydrogens (primary N) is 1. The lowest BCUT2D eigenvalue weighted by Crippen LogP contribution is -2.31. The van der Waals surface area contributed by atoms with Gasteiger partial charge in [-0.05, 0) is 6.07 Å². The SMILES string of the molecule is CN(CCN)S(=O)(=O)c1cncc(F)c1. The minimum absolute atomic E-state index is 0.168. The second kappa shape index (κ2) is 4.65. The van der Waals surface area contributed by atoms with Gasteiger partial charge in [-0.2, -0.15) is 4.31 Å². The van der Waals surface area contributed by atoms with E-state index in [0.717, 1.165) is 22.8 Å². The highest BCUT2D eigenvalue weighted by Gasteiger charge is 2.20. The van der Waals surface area contributed by atoms with E-state index >= 15 is 0 Å². The topological polar surface area (TPSA) is 76.3 Å². The third-order valence-electron chi connectivity index (χ3n) is 1.83. The Kier molecular flexibility index (Phi) is 3.72. The molecular formula is C8H12FN3O2S. The molecule has 5 nitrogen and oxygen atoms in total. The minimum atomic E-state index is -3.67. The van der Waals surface area contributed by atoms with Crippen molar-refractivity contribution < 1.29 is 12.8 Å². The number of sulfonamides is 1. The van der Waals surface area contributed by atoms with E-state index in [1.807, 2.05) is 0 Å². The number of rotatable bonds is 4. The van der Waals surface area contributed by atoms with Gasteiger partial charge >= 0.3 is 0 Å². The average Bonchev–Trinajstić information content (AvgIpc) is 2.18. The van der Waals surface area contributed by atoms with Crippen molar-refractivity contribution in [2.24, 2.45) is 5.73 Å². The van der Waals surface area contributed by atoms with Crippen LogP contribution in [-0.2, 0) is 10.0 Å². The number of hydrogen-bond donors (Lipinski definition) is 1. The summed E-state index contributed by atoms with van der Waals surface area (Å²) in [4.78, 5) is 3.31. The number of hydrogen-bond acceptors (Lipinski definition) is 4. The Balaban J connectivity index is 3.06. The van der Waals surface area contributed by atoms with Crippen LogP contribution in [0.2, 0.25) is 0 Å². The number of pyridine rings is 1. The zero-order chi connectivity index (χ0) is 11.5. The third kappa shape index (κ3) is 2.71. The molecule has 0 saturated carbocycles. The summed E-state index contributed by atoms with van der Waals surface area (Å²) < 4.78 is 37.3. The summed E-state index contributed by atoms with van der Waals surface area (Å²) >= 11 is 0. The Bertz CT molecular complexity index is 435. The molecule has 0 aliphatic rings. The molecule has 84 valence electrons. The fraction of sp³-hybridized carbons (Fsp3) is 0.375. The highest BCUT2D eigenvalue weighted by Crippen LogP contribution is 2.13. The molecule has 2 N–H and O–H groups in total. The van der Waals surface area contributed by atoms with E-state index in [9.17, 15) is 12.8 Å². The maximum Gasteiger partial charge on any atom is 0.244 e. The molecule has 1 rings (SSSR count). The molecule has 1 aromatic rings. The van der Waals surface area contributed by atoms with Crippen LogP contribution in [0, 0.1) is 5.82 Å². The summed E-state index contributed by atoms with van der Waals surface area (Å²) in [6, 6.07) is 0.926. The molecule has 7 heteroatoms. The van der Waals surface area contributed by atoms with Gasteiger partial charge in [0.2, 0.25) is 10.0 Å². The maximum atomic E-state index is 12.8. The summed E-state index contributed by atoms with van der Waals surface area (Å²) in [5, 5.41) is 0. The molecule has 0 aliphatic carbocycles. The van der Waals surface area contributed by atoms with Crippen molar-refractivity contribution in [2.45, 2.75) is 4.90 Å². The molecule has 1 heterocycles. The highest BCUT2D eigenvalue weighted by molar-refractivity contribution is 7.89. The molecule has 0 aromatic carbocycles. The molecule has 0 aliphatic heterocycles. The number of nitrogens with zero attached hydrogens (tertiary/aromatic N) is 2. The first-order valence-electron chi connectivity index (χ1n) is 4.25. The van der Waals surface area contributed by atoms with Gasteiger partial charge in [-0.3, -0.25) is 4.98 Å². The van der Waals surface area contributed by atoms with Crippen LogP contribution in [0.5, 0.6) is 0 Å². The molecule has 0 radical (unpaired) electrons. The Hall–Kier alpha value is -1.05. The van der Waals surface area contributed by atoms with Crippen molar-refractivity contribution in [2.75, 3.05) is 20.1 Å². The summed E-state index contributed by atoms with van der Waals surface area (Å²) in [6.45, 7) is 0.386. The van der Waals surface area contributed by atoms with Crippen LogP contribution in [0.4, 0.5) is 4.39 Å². The van der Waals surface area contributed by atoms with E-state index in [-0.39, 0.29) is 18.0 Å². The van der Waals surface area contributed by atoms with E-state index in [1.54, 1.807) is 0 Å².